The standard InChI is InChI=1S/C12H10FN3O4/c1-7-14-5-11(12(17)18)15(7)6-8-4-9(13)2-3-10(8)16(19)20/h2-5H,6H2,1H3,(H,17,18). The van der Waals surface area contributed by atoms with Crippen LogP contribution in [0.1, 0.15) is 21.9 Å². The molecule has 8 heteroatoms. The second kappa shape index (κ2) is 5.08. The molecule has 0 amide bonds. The number of nitro groups is 1. The fraction of sp³-hybridized carbons (Fsp3) is 0.167. The summed E-state index contributed by atoms with van der Waals surface area (Å²) in [5.74, 6) is -1.45. The van der Waals surface area contributed by atoms with Crippen LogP contribution in [0.3, 0.4) is 0 Å². The summed E-state index contributed by atoms with van der Waals surface area (Å²) in [6.45, 7) is 1.43. The van der Waals surface area contributed by atoms with Gasteiger partial charge in [-0.15, -0.1) is 0 Å². The Morgan fingerprint density at radius 2 is 2.25 bits per heavy atom. The van der Waals surface area contributed by atoms with Crippen LogP contribution in [0, 0.1) is 22.9 Å². The van der Waals surface area contributed by atoms with Crippen LogP contribution >= 0.6 is 0 Å². The fourth-order valence-electron chi connectivity index (χ4n) is 1.87. The zero-order chi connectivity index (χ0) is 14.9. The van der Waals surface area contributed by atoms with E-state index in [4.69, 9.17) is 5.11 Å². The van der Waals surface area contributed by atoms with E-state index in [1.54, 1.807) is 6.92 Å². The normalized spacial score (nSPS) is 10.5. The molecule has 2 aromatic rings. The van der Waals surface area contributed by atoms with Crippen molar-refractivity contribution in [1.82, 2.24) is 9.55 Å². The number of aromatic nitrogens is 2. The first-order chi connectivity index (χ1) is 9.40. The third-order valence-electron chi connectivity index (χ3n) is 2.84. The summed E-state index contributed by atoms with van der Waals surface area (Å²) >= 11 is 0. The van der Waals surface area contributed by atoms with Gasteiger partial charge < -0.3 is 9.67 Å². The highest BCUT2D eigenvalue weighted by molar-refractivity contribution is 5.85. The number of carbonyl (C=O) groups is 1. The van der Waals surface area contributed by atoms with Crippen LogP contribution in [0.15, 0.2) is 24.4 Å². The van der Waals surface area contributed by atoms with E-state index in [-0.39, 0.29) is 23.5 Å². The van der Waals surface area contributed by atoms with Crippen molar-refractivity contribution in [2.75, 3.05) is 0 Å². The summed E-state index contributed by atoms with van der Waals surface area (Å²) in [6, 6.07) is 3.06. The molecular formula is C12H10FN3O4. The number of hydrogen-bond donors (Lipinski definition) is 1. The molecule has 0 bridgehead atoms. The van der Waals surface area contributed by atoms with Crippen molar-refractivity contribution in [1.29, 1.82) is 0 Å². The summed E-state index contributed by atoms with van der Waals surface area (Å²) in [7, 11) is 0. The van der Waals surface area contributed by atoms with Crippen molar-refractivity contribution < 1.29 is 19.2 Å². The third-order valence-corrected chi connectivity index (χ3v) is 2.84. The zero-order valence-corrected chi connectivity index (χ0v) is 10.4. The van der Waals surface area contributed by atoms with E-state index in [2.05, 4.69) is 4.98 Å². The van der Waals surface area contributed by atoms with Gasteiger partial charge in [0.1, 0.15) is 17.3 Å². The molecule has 0 saturated heterocycles. The number of benzene rings is 1. The summed E-state index contributed by atoms with van der Waals surface area (Å²) in [5, 5.41) is 19.9. The van der Waals surface area contributed by atoms with Gasteiger partial charge in [-0.25, -0.2) is 14.2 Å². The predicted molar refractivity (Wildman–Crippen MR) is 66.1 cm³/mol. The first-order valence-electron chi connectivity index (χ1n) is 5.58. The molecule has 0 aliphatic rings. The largest absolute Gasteiger partial charge is 0.477 e. The topological polar surface area (TPSA) is 98.3 Å². The molecule has 20 heavy (non-hydrogen) atoms. The molecule has 7 nitrogen and oxygen atoms in total. The molecule has 1 aromatic carbocycles. The molecule has 1 heterocycles. The van der Waals surface area contributed by atoms with Gasteiger partial charge in [0, 0.05) is 6.07 Å². The van der Waals surface area contributed by atoms with Gasteiger partial charge >= 0.3 is 5.97 Å². The molecule has 0 radical (unpaired) electrons. The van der Waals surface area contributed by atoms with Gasteiger partial charge in [0.25, 0.3) is 5.69 Å². The molecule has 2 rings (SSSR count). The van der Waals surface area contributed by atoms with E-state index in [0.29, 0.717) is 5.82 Å². The Morgan fingerprint density at radius 1 is 1.55 bits per heavy atom. The van der Waals surface area contributed by atoms with Gasteiger partial charge in [-0.3, -0.25) is 10.1 Å². The quantitative estimate of drug-likeness (QED) is 0.681. The lowest BCUT2D eigenvalue weighted by molar-refractivity contribution is -0.385. The Morgan fingerprint density at radius 3 is 2.85 bits per heavy atom. The van der Waals surface area contributed by atoms with Crippen LogP contribution in [0.5, 0.6) is 0 Å². The predicted octanol–water partition coefficient (Wildman–Crippen LogP) is 1.99. The molecule has 0 unspecified atom stereocenters. The summed E-state index contributed by atoms with van der Waals surface area (Å²) in [6.07, 6.45) is 1.16. The number of nitro benzene ring substituents is 1. The number of aryl methyl sites for hydroxylation is 1. The first kappa shape index (κ1) is 13.7. The maximum Gasteiger partial charge on any atom is 0.354 e. The Labute approximate surface area is 112 Å². The number of aromatic carboxylic acids is 1. The van der Waals surface area contributed by atoms with Crippen molar-refractivity contribution in [2.24, 2.45) is 0 Å². The zero-order valence-electron chi connectivity index (χ0n) is 10.4. The highest BCUT2D eigenvalue weighted by Gasteiger charge is 2.19. The average Bonchev–Trinajstić information content (AvgIpc) is 2.71. The minimum Gasteiger partial charge on any atom is -0.477 e. The van der Waals surface area contributed by atoms with Gasteiger partial charge in [0.05, 0.1) is 23.2 Å². The van der Waals surface area contributed by atoms with E-state index in [0.717, 1.165) is 24.4 Å². The van der Waals surface area contributed by atoms with Crippen LogP contribution < -0.4 is 0 Å². The lowest BCUT2D eigenvalue weighted by Gasteiger charge is -2.08. The van der Waals surface area contributed by atoms with E-state index < -0.39 is 16.7 Å². The third kappa shape index (κ3) is 2.48. The molecule has 104 valence electrons. The Balaban J connectivity index is 2.50. The minimum absolute atomic E-state index is 0.0820. The van der Waals surface area contributed by atoms with Crippen molar-refractivity contribution in [2.45, 2.75) is 13.5 Å². The maximum atomic E-state index is 13.2. The number of rotatable bonds is 4. The molecule has 0 aliphatic carbocycles. The SMILES string of the molecule is Cc1ncc(C(=O)O)n1Cc1cc(F)ccc1[N+](=O)[O-]. The van der Waals surface area contributed by atoms with Gasteiger partial charge in [0.15, 0.2) is 0 Å². The number of carboxylic acids is 1. The molecule has 0 atom stereocenters. The average molecular weight is 279 g/mol. The smallest absolute Gasteiger partial charge is 0.354 e. The van der Waals surface area contributed by atoms with Crippen molar-refractivity contribution in [3.8, 4) is 0 Å². The van der Waals surface area contributed by atoms with Crippen LogP contribution in [-0.4, -0.2) is 25.6 Å². The van der Waals surface area contributed by atoms with Gasteiger partial charge in [-0.05, 0) is 19.1 Å². The number of nitrogens with zero attached hydrogens (tertiary/aromatic N) is 3. The molecule has 1 N–H and O–H groups in total. The minimum atomic E-state index is -1.20. The second-order valence-corrected chi connectivity index (χ2v) is 4.11. The van der Waals surface area contributed by atoms with Crippen LogP contribution in [0.4, 0.5) is 10.1 Å². The Hall–Kier alpha value is -2.77. The van der Waals surface area contributed by atoms with Gasteiger partial charge in [0.2, 0.25) is 0 Å². The van der Waals surface area contributed by atoms with E-state index in [1.807, 2.05) is 0 Å². The lowest BCUT2D eigenvalue weighted by atomic mass is 10.1. The lowest BCUT2D eigenvalue weighted by Crippen LogP contribution is -2.12. The van der Waals surface area contributed by atoms with E-state index in [1.165, 1.54) is 4.57 Å². The fourth-order valence-corrected chi connectivity index (χ4v) is 1.87. The molecule has 0 spiro atoms. The van der Waals surface area contributed by atoms with E-state index in [9.17, 15) is 19.3 Å². The maximum absolute atomic E-state index is 13.2. The highest BCUT2D eigenvalue weighted by Crippen LogP contribution is 2.22. The van der Waals surface area contributed by atoms with Gasteiger partial charge in [-0.2, -0.15) is 0 Å². The number of hydrogen-bond acceptors (Lipinski definition) is 4. The first-order valence-corrected chi connectivity index (χ1v) is 5.58. The highest BCUT2D eigenvalue weighted by atomic mass is 19.1. The second-order valence-electron chi connectivity index (χ2n) is 4.11. The Bertz CT molecular complexity index is 696. The Kier molecular flexibility index (Phi) is 3.47. The van der Waals surface area contributed by atoms with Crippen LogP contribution in [-0.2, 0) is 6.54 Å². The van der Waals surface area contributed by atoms with E-state index >= 15 is 0 Å². The number of imidazole rings is 1. The number of halogens is 1. The van der Waals surface area contributed by atoms with Crippen molar-refractivity contribution in [3.63, 3.8) is 0 Å². The molecule has 1 aromatic heterocycles. The van der Waals surface area contributed by atoms with Crippen molar-refractivity contribution >= 4 is 11.7 Å². The van der Waals surface area contributed by atoms with Crippen LogP contribution in [0.25, 0.3) is 0 Å². The van der Waals surface area contributed by atoms with Crippen molar-refractivity contribution in [3.05, 3.63) is 57.4 Å². The molecule has 0 saturated carbocycles. The molecule has 0 fully saturated rings. The van der Waals surface area contributed by atoms with Crippen LogP contribution in [0.2, 0.25) is 0 Å². The monoisotopic (exact) mass is 279 g/mol. The summed E-state index contributed by atoms with van der Waals surface area (Å²) in [5.41, 5.74) is -0.296. The molecule has 0 aliphatic heterocycles. The number of carboxylic acid groups (broad SMARTS) is 1. The van der Waals surface area contributed by atoms with Gasteiger partial charge in [-0.1, -0.05) is 0 Å². The summed E-state index contributed by atoms with van der Waals surface area (Å²) in [4.78, 5) is 25.2. The molecular weight excluding hydrogens is 269 g/mol. The summed E-state index contributed by atoms with van der Waals surface area (Å²) < 4.78 is 14.5.